The van der Waals surface area contributed by atoms with Crippen molar-refractivity contribution in [3.8, 4) is 22.4 Å². The quantitative estimate of drug-likeness (QED) is 0.423. The molecule has 1 saturated heterocycles. The highest BCUT2D eigenvalue weighted by Gasteiger charge is 2.25. The van der Waals surface area contributed by atoms with Gasteiger partial charge in [-0.1, -0.05) is 6.07 Å². The number of rotatable bonds is 3. The fourth-order valence-corrected chi connectivity index (χ4v) is 6.36. The fraction of sp³-hybridized carbons (Fsp3) is 0.217. The van der Waals surface area contributed by atoms with Gasteiger partial charge in [-0.2, -0.15) is 4.36 Å². The third-order valence-electron chi connectivity index (χ3n) is 5.70. The first-order valence-corrected chi connectivity index (χ1v) is 12.1. The lowest BCUT2D eigenvalue weighted by molar-refractivity contribution is 0.629. The molecule has 10 heteroatoms. The van der Waals surface area contributed by atoms with Crippen molar-refractivity contribution in [2.45, 2.75) is 12.8 Å². The topological polar surface area (TPSA) is 112 Å². The monoisotopic (exact) mass is 471 g/mol. The molecule has 5 rings (SSSR count). The number of nitrogen functional groups attached to an aromatic ring is 2. The second-order valence-electron chi connectivity index (χ2n) is 7.90. The van der Waals surface area contributed by atoms with E-state index in [0.29, 0.717) is 11.5 Å². The summed E-state index contributed by atoms with van der Waals surface area (Å²) in [5, 5.41) is 0.130. The molecule has 2 aromatic carbocycles. The van der Waals surface area contributed by atoms with Crippen LogP contribution in [0.25, 0.3) is 33.4 Å². The Hall–Kier alpha value is -3.53. The molecular weight excluding hydrogens is 446 g/mol. The van der Waals surface area contributed by atoms with Crippen molar-refractivity contribution in [2.75, 3.05) is 23.0 Å². The Kier molecular flexibility index (Phi) is 4.25. The maximum Gasteiger partial charge on any atom is 0.150 e. The van der Waals surface area contributed by atoms with Crippen molar-refractivity contribution in [3.63, 3.8) is 0 Å². The standard InChI is InChI=1S/C23H22F2N6OS/c1-31-21(15-6-5-14(26)11-16(15)24)19(20-22(27)28-12-29-23(20)31)13-4-7-18(17(25)10-13)30-33(32)8-2-3-9-33/h4-7,10-12H,2-3,8-9,26H2,1H3,(H2,27,28,29)/i1D3. The average molecular weight is 472 g/mol. The molecule has 7 nitrogen and oxygen atoms in total. The lowest BCUT2D eigenvalue weighted by Crippen LogP contribution is -2.00. The summed E-state index contributed by atoms with van der Waals surface area (Å²) in [5.41, 5.74) is 12.0. The van der Waals surface area contributed by atoms with Gasteiger partial charge in [-0.05, 0) is 48.7 Å². The maximum atomic E-state index is 15.3. The minimum Gasteiger partial charge on any atom is -0.399 e. The number of fused-ring (bicyclic) bond motifs is 1. The van der Waals surface area contributed by atoms with E-state index < -0.39 is 28.3 Å². The molecule has 0 bridgehead atoms. The zero-order valence-corrected chi connectivity index (χ0v) is 18.2. The molecule has 4 aromatic rings. The van der Waals surface area contributed by atoms with Gasteiger partial charge in [0.2, 0.25) is 0 Å². The highest BCUT2D eigenvalue weighted by molar-refractivity contribution is 7.93. The predicted octanol–water partition coefficient (Wildman–Crippen LogP) is 4.64. The lowest BCUT2D eigenvalue weighted by atomic mass is 9.98. The molecule has 0 saturated carbocycles. The zero-order valence-electron chi connectivity index (χ0n) is 20.4. The van der Waals surface area contributed by atoms with Crippen LogP contribution in [0.15, 0.2) is 47.1 Å². The van der Waals surface area contributed by atoms with E-state index in [1.165, 1.54) is 24.3 Å². The Morgan fingerprint density at radius 3 is 2.58 bits per heavy atom. The van der Waals surface area contributed by atoms with Crippen LogP contribution >= 0.6 is 0 Å². The first kappa shape index (κ1) is 18.0. The summed E-state index contributed by atoms with van der Waals surface area (Å²) in [4.78, 5) is 8.10. The number of nitrogens with two attached hydrogens (primary N) is 2. The molecule has 0 radical (unpaired) electrons. The third kappa shape index (κ3) is 3.60. The average Bonchev–Trinajstić information content (AvgIpc) is 3.37. The van der Waals surface area contributed by atoms with E-state index in [0.717, 1.165) is 35.9 Å². The summed E-state index contributed by atoms with van der Waals surface area (Å²) < 4.78 is 72.8. The Balaban J connectivity index is 1.85. The van der Waals surface area contributed by atoms with Gasteiger partial charge in [0.05, 0.1) is 20.8 Å². The molecule has 1 aliphatic rings. The largest absolute Gasteiger partial charge is 0.399 e. The first-order chi connectivity index (χ1) is 17.0. The molecule has 2 aromatic heterocycles. The molecule has 3 heterocycles. The van der Waals surface area contributed by atoms with Crippen LogP contribution in [-0.4, -0.2) is 30.2 Å². The molecule has 0 amide bonds. The Morgan fingerprint density at radius 2 is 1.88 bits per heavy atom. The molecular formula is C23H22F2N6OS. The lowest BCUT2D eigenvalue weighted by Gasteiger charge is -2.11. The Labute approximate surface area is 193 Å². The van der Waals surface area contributed by atoms with E-state index in [1.807, 2.05) is 0 Å². The van der Waals surface area contributed by atoms with E-state index in [1.54, 1.807) is 0 Å². The summed E-state index contributed by atoms with van der Waals surface area (Å²) in [6.07, 6.45) is 2.65. The van der Waals surface area contributed by atoms with Crippen LogP contribution in [0, 0.1) is 11.6 Å². The van der Waals surface area contributed by atoms with Crippen LogP contribution in [0.1, 0.15) is 17.0 Å². The summed E-state index contributed by atoms with van der Waals surface area (Å²) in [6.45, 7) is -2.80. The van der Waals surface area contributed by atoms with Crippen LogP contribution in [-0.2, 0) is 16.7 Å². The number of benzene rings is 2. The van der Waals surface area contributed by atoms with Crippen LogP contribution in [0.3, 0.4) is 0 Å². The van der Waals surface area contributed by atoms with Gasteiger partial charge in [-0.15, -0.1) is 0 Å². The SMILES string of the molecule is [2H]C([2H])([2H])n1c(-c2ccc(N)cc2F)c(-c2ccc(N=S3(=O)CCCC3)c(F)c2)c2c(N)ncnc21. The number of hydrogen-bond acceptors (Lipinski definition) is 6. The van der Waals surface area contributed by atoms with Crippen molar-refractivity contribution in [1.29, 1.82) is 0 Å². The summed E-state index contributed by atoms with van der Waals surface area (Å²) in [7, 11) is -2.52. The van der Waals surface area contributed by atoms with Crippen LogP contribution < -0.4 is 11.5 Å². The van der Waals surface area contributed by atoms with E-state index in [-0.39, 0.29) is 50.6 Å². The minimum atomic E-state index is -2.80. The second-order valence-corrected chi connectivity index (χ2v) is 10.4. The van der Waals surface area contributed by atoms with Gasteiger partial charge in [-0.25, -0.2) is 23.0 Å². The summed E-state index contributed by atoms with van der Waals surface area (Å²) in [5.74, 6) is -0.765. The number of aryl methyl sites for hydroxylation is 1. The summed E-state index contributed by atoms with van der Waals surface area (Å²) in [6, 6.07) is 7.86. The van der Waals surface area contributed by atoms with Crippen molar-refractivity contribution >= 4 is 38.0 Å². The van der Waals surface area contributed by atoms with Gasteiger partial charge >= 0.3 is 0 Å². The van der Waals surface area contributed by atoms with Gasteiger partial charge < -0.3 is 16.0 Å². The minimum absolute atomic E-state index is 0.0572. The number of anilines is 2. The Bertz CT molecular complexity index is 1630. The maximum absolute atomic E-state index is 15.3. The number of aromatic nitrogens is 3. The van der Waals surface area contributed by atoms with Crippen molar-refractivity contribution in [2.24, 2.45) is 11.3 Å². The molecule has 170 valence electrons. The summed E-state index contributed by atoms with van der Waals surface area (Å²) >= 11 is 0. The van der Waals surface area contributed by atoms with E-state index in [2.05, 4.69) is 14.3 Å². The molecule has 0 spiro atoms. The number of nitrogens with zero attached hydrogens (tertiary/aromatic N) is 4. The fourth-order valence-electron chi connectivity index (χ4n) is 4.16. The molecule has 33 heavy (non-hydrogen) atoms. The van der Waals surface area contributed by atoms with E-state index in [9.17, 15) is 4.21 Å². The molecule has 1 aliphatic heterocycles. The van der Waals surface area contributed by atoms with Crippen molar-refractivity contribution in [1.82, 2.24) is 14.5 Å². The molecule has 1 fully saturated rings. The highest BCUT2D eigenvalue weighted by atomic mass is 32.2. The Morgan fingerprint density at radius 1 is 1.09 bits per heavy atom. The number of halogens is 2. The van der Waals surface area contributed by atoms with Gasteiger partial charge in [0.25, 0.3) is 0 Å². The van der Waals surface area contributed by atoms with Gasteiger partial charge in [0.15, 0.2) is 0 Å². The first-order valence-electron chi connectivity index (χ1n) is 11.7. The van der Waals surface area contributed by atoms with Crippen LogP contribution in [0.5, 0.6) is 0 Å². The van der Waals surface area contributed by atoms with Crippen molar-refractivity contribution < 1.29 is 17.1 Å². The molecule has 0 aliphatic carbocycles. The normalized spacial score (nSPS) is 17.0. The van der Waals surface area contributed by atoms with Crippen LogP contribution in [0.4, 0.5) is 26.0 Å². The van der Waals surface area contributed by atoms with Gasteiger partial charge in [-0.3, -0.25) is 0 Å². The van der Waals surface area contributed by atoms with Crippen LogP contribution in [0.2, 0.25) is 0 Å². The predicted molar refractivity (Wildman–Crippen MR) is 127 cm³/mol. The number of hydrogen-bond donors (Lipinski definition) is 2. The van der Waals surface area contributed by atoms with Gasteiger partial charge in [0, 0.05) is 39.4 Å². The van der Waals surface area contributed by atoms with E-state index in [4.69, 9.17) is 15.6 Å². The smallest absolute Gasteiger partial charge is 0.150 e. The molecule has 0 atom stereocenters. The third-order valence-corrected chi connectivity index (χ3v) is 8.09. The van der Waals surface area contributed by atoms with E-state index >= 15 is 8.78 Å². The highest BCUT2D eigenvalue weighted by Crippen LogP contribution is 2.43. The second kappa shape index (κ2) is 7.80. The zero-order chi connectivity index (χ0) is 25.8. The van der Waals surface area contributed by atoms with Crippen molar-refractivity contribution in [3.05, 3.63) is 54.4 Å². The molecule has 0 unspecified atom stereocenters. The molecule has 4 N–H and O–H groups in total. The van der Waals surface area contributed by atoms with Gasteiger partial charge in [0.1, 0.15) is 35.1 Å².